The number of nitrogens with two attached hydrogens (primary N) is 2. The quantitative estimate of drug-likeness (QED) is 0.268. The summed E-state index contributed by atoms with van der Waals surface area (Å²) in [5.74, 6) is -2.54. The molecule has 0 aliphatic carbocycles. The number of rotatable bonds is 1. The van der Waals surface area contributed by atoms with Gasteiger partial charge in [-0.25, -0.2) is 4.79 Å². The van der Waals surface area contributed by atoms with Crippen LogP contribution in [0.2, 0.25) is 0 Å². The molecule has 0 unspecified atom stereocenters. The molecule has 0 atom stereocenters. The van der Waals surface area contributed by atoms with Gasteiger partial charge in [-0.15, -0.1) is 0 Å². The van der Waals surface area contributed by atoms with Crippen molar-refractivity contribution in [2.45, 2.75) is 6.42 Å². The molecule has 1 aliphatic rings. The van der Waals surface area contributed by atoms with Gasteiger partial charge in [0.2, 0.25) is 0 Å². The summed E-state index contributed by atoms with van der Waals surface area (Å²) in [6.07, 6.45) is -0.390. The van der Waals surface area contributed by atoms with E-state index < -0.39 is 24.1 Å². The summed E-state index contributed by atoms with van der Waals surface area (Å²) in [6.45, 7) is 1.19. The third-order valence-electron chi connectivity index (χ3n) is 0.906. The number of hydrogen-bond donors (Lipinski definition) is 2. The highest BCUT2D eigenvalue weighted by Crippen LogP contribution is 2.00. The number of ether oxygens (including phenoxy) is 1. The number of Topliss-reactive ketones (excluding diaryl/α,β-unsaturated/α-hetero) is 1. The van der Waals surface area contributed by atoms with Crippen molar-refractivity contribution in [3.63, 3.8) is 0 Å². The molecule has 0 aromatic rings. The van der Waals surface area contributed by atoms with Gasteiger partial charge in [0, 0.05) is 13.1 Å². The van der Waals surface area contributed by atoms with Gasteiger partial charge in [0.05, 0.1) is 0 Å². The SMILES string of the molecule is NCCN.O=C1CC(=O)C(=O)O1. The molecule has 6 heteroatoms. The number of ketones is 1. The van der Waals surface area contributed by atoms with E-state index in [0.29, 0.717) is 13.1 Å². The standard InChI is InChI=1S/C4H2O4.C2H8N2/c5-2-1-3(6)8-4(2)7;3-1-2-4/h1H2;1-4H2. The molecule has 0 saturated carbocycles. The molecule has 0 bridgehead atoms. The first kappa shape index (κ1) is 10.7. The van der Waals surface area contributed by atoms with E-state index in [1.807, 2.05) is 0 Å². The molecule has 12 heavy (non-hydrogen) atoms. The van der Waals surface area contributed by atoms with Gasteiger partial charge in [-0.2, -0.15) is 0 Å². The Morgan fingerprint density at radius 2 is 1.67 bits per heavy atom. The van der Waals surface area contributed by atoms with Crippen LogP contribution in [0.25, 0.3) is 0 Å². The maximum atomic E-state index is 10.1. The Balaban J connectivity index is 0.000000261. The molecule has 1 aliphatic heterocycles. The first-order valence-electron chi connectivity index (χ1n) is 3.29. The van der Waals surface area contributed by atoms with Crippen LogP contribution < -0.4 is 11.5 Å². The third-order valence-corrected chi connectivity index (χ3v) is 0.906. The number of esters is 2. The lowest BCUT2D eigenvalue weighted by Gasteiger charge is -1.77. The second-order valence-corrected chi connectivity index (χ2v) is 1.94. The first-order chi connectivity index (χ1) is 5.61. The van der Waals surface area contributed by atoms with Crippen LogP contribution in [-0.4, -0.2) is 30.8 Å². The fraction of sp³-hybridized carbons (Fsp3) is 0.500. The second-order valence-electron chi connectivity index (χ2n) is 1.94. The van der Waals surface area contributed by atoms with Gasteiger partial charge < -0.3 is 16.2 Å². The predicted molar refractivity (Wildman–Crippen MR) is 38.8 cm³/mol. The molecule has 0 amide bonds. The predicted octanol–water partition coefficient (Wildman–Crippen LogP) is -2.07. The Bertz CT molecular complexity index is 182. The van der Waals surface area contributed by atoms with Gasteiger partial charge in [0.1, 0.15) is 6.42 Å². The van der Waals surface area contributed by atoms with Crippen LogP contribution in [-0.2, 0) is 19.1 Å². The van der Waals surface area contributed by atoms with Crippen LogP contribution in [0.1, 0.15) is 6.42 Å². The highest BCUT2D eigenvalue weighted by molar-refractivity contribution is 6.42. The van der Waals surface area contributed by atoms with E-state index in [2.05, 4.69) is 4.74 Å². The van der Waals surface area contributed by atoms with Crippen molar-refractivity contribution in [3.8, 4) is 0 Å². The smallest absolute Gasteiger partial charge is 0.382 e. The van der Waals surface area contributed by atoms with Crippen LogP contribution in [0.5, 0.6) is 0 Å². The lowest BCUT2D eigenvalue weighted by Crippen LogP contribution is -2.11. The summed E-state index contributed by atoms with van der Waals surface area (Å²) < 4.78 is 3.85. The van der Waals surface area contributed by atoms with Gasteiger partial charge in [-0.3, -0.25) is 9.59 Å². The maximum Gasteiger partial charge on any atom is 0.382 e. The molecule has 1 fully saturated rings. The van der Waals surface area contributed by atoms with Crippen molar-refractivity contribution in [1.82, 2.24) is 0 Å². The van der Waals surface area contributed by atoms with E-state index in [1.165, 1.54) is 0 Å². The van der Waals surface area contributed by atoms with E-state index in [9.17, 15) is 14.4 Å². The van der Waals surface area contributed by atoms with Crippen LogP contribution in [0.15, 0.2) is 0 Å². The summed E-state index contributed by atoms with van der Waals surface area (Å²) in [5, 5.41) is 0. The van der Waals surface area contributed by atoms with Crippen molar-refractivity contribution in [3.05, 3.63) is 0 Å². The highest BCUT2D eigenvalue weighted by Gasteiger charge is 2.30. The molecule has 0 spiro atoms. The Labute approximate surface area is 68.8 Å². The van der Waals surface area contributed by atoms with Crippen molar-refractivity contribution < 1.29 is 19.1 Å². The normalized spacial score (nSPS) is 15.3. The minimum absolute atomic E-state index is 0.390. The fourth-order valence-electron chi connectivity index (χ4n) is 0.400. The highest BCUT2D eigenvalue weighted by atomic mass is 16.6. The van der Waals surface area contributed by atoms with Crippen molar-refractivity contribution in [2.24, 2.45) is 11.5 Å². The third kappa shape index (κ3) is 3.79. The average molecular weight is 174 g/mol. The first-order valence-corrected chi connectivity index (χ1v) is 3.29. The van der Waals surface area contributed by atoms with Gasteiger partial charge in [-0.05, 0) is 0 Å². The number of hydrogen-bond acceptors (Lipinski definition) is 6. The van der Waals surface area contributed by atoms with E-state index in [4.69, 9.17) is 11.5 Å². The Morgan fingerprint density at radius 1 is 1.17 bits per heavy atom. The van der Waals surface area contributed by atoms with Gasteiger partial charge in [0.15, 0.2) is 0 Å². The molecule has 0 radical (unpaired) electrons. The zero-order chi connectivity index (χ0) is 9.56. The van der Waals surface area contributed by atoms with Crippen LogP contribution in [0.4, 0.5) is 0 Å². The topological polar surface area (TPSA) is 112 Å². The summed E-state index contributed by atoms with van der Waals surface area (Å²) in [7, 11) is 0. The monoisotopic (exact) mass is 174 g/mol. The van der Waals surface area contributed by atoms with E-state index in [0.717, 1.165) is 0 Å². The zero-order valence-electron chi connectivity index (χ0n) is 6.41. The van der Waals surface area contributed by atoms with Gasteiger partial charge in [-0.1, -0.05) is 0 Å². The Kier molecular flexibility index (Phi) is 4.82. The number of cyclic esters (lactones) is 2. The maximum absolute atomic E-state index is 10.1. The molecule has 0 aromatic carbocycles. The summed E-state index contributed by atoms with van der Waals surface area (Å²) in [5.41, 5.74) is 9.81. The average Bonchev–Trinajstić information content (AvgIpc) is 2.30. The van der Waals surface area contributed by atoms with E-state index in [-0.39, 0.29) is 0 Å². The molecular weight excluding hydrogens is 164 g/mol. The summed E-state index contributed by atoms with van der Waals surface area (Å²) >= 11 is 0. The summed E-state index contributed by atoms with van der Waals surface area (Å²) in [6, 6.07) is 0. The van der Waals surface area contributed by atoms with Crippen molar-refractivity contribution >= 4 is 17.7 Å². The van der Waals surface area contributed by atoms with Crippen LogP contribution >= 0.6 is 0 Å². The molecule has 0 aromatic heterocycles. The lowest BCUT2D eigenvalue weighted by atomic mass is 10.3. The zero-order valence-corrected chi connectivity index (χ0v) is 6.41. The fourth-order valence-corrected chi connectivity index (χ4v) is 0.400. The summed E-state index contributed by atoms with van der Waals surface area (Å²) in [4.78, 5) is 30.1. The van der Waals surface area contributed by atoms with E-state index >= 15 is 0 Å². The van der Waals surface area contributed by atoms with Crippen molar-refractivity contribution in [2.75, 3.05) is 13.1 Å². The minimum Gasteiger partial charge on any atom is -0.387 e. The lowest BCUT2D eigenvalue weighted by molar-refractivity contribution is -0.154. The van der Waals surface area contributed by atoms with Crippen LogP contribution in [0, 0.1) is 0 Å². The van der Waals surface area contributed by atoms with Crippen molar-refractivity contribution in [1.29, 1.82) is 0 Å². The van der Waals surface area contributed by atoms with Crippen LogP contribution in [0.3, 0.4) is 0 Å². The number of carbonyl (C=O) groups excluding carboxylic acids is 3. The van der Waals surface area contributed by atoms with E-state index in [1.54, 1.807) is 0 Å². The van der Waals surface area contributed by atoms with Gasteiger partial charge in [0.25, 0.3) is 5.78 Å². The molecule has 6 nitrogen and oxygen atoms in total. The van der Waals surface area contributed by atoms with Gasteiger partial charge >= 0.3 is 11.9 Å². The Morgan fingerprint density at radius 3 is 1.75 bits per heavy atom. The molecule has 1 saturated heterocycles. The second kappa shape index (κ2) is 5.39. The Hall–Kier alpha value is -1.27. The molecule has 4 N–H and O–H groups in total. The molecule has 68 valence electrons. The minimum atomic E-state index is -1.03. The molecule has 1 heterocycles. The molecular formula is C6H10N2O4. The molecule has 1 rings (SSSR count). The largest absolute Gasteiger partial charge is 0.387 e. The number of carbonyl (C=O) groups is 3.